The molecule has 0 unspecified atom stereocenters. The number of nitrogens with zero attached hydrogens (tertiary/aromatic N) is 10. The predicted molar refractivity (Wildman–Crippen MR) is 167 cm³/mol. The van der Waals surface area contributed by atoms with E-state index in [-0.39, 0.29) is 28.6 Å². The summed E-state index contributed by atoms with van der Waals surface area (Å²) >= 11 is 6.15. The zero-order valence-electron chi connectivity index (χ0n) is 25.6. The Labute approximate surface area is 281 Å². The molecule has 17 heteroatoms. The lowest BCUT2D eigenvalue weighted by atomic mass is 10.0. The van der Waals surface area contributed by atoms with E-state index in [1.54, 1.807) is 40.0 Å². The number of hydrogen-bond acceptors (Lipinski definition) is 7. The first kappa shape index (κ1) is 32.1. The molecule has 1 aliphatic heterocycles. The van der Waals surface area contributed by atoms with Gasteiger partial charge in [0.25, 0.3) is 12.2 Å². The summed E-state index contributed by atoms with van der Waals surface area (Å²) in [5.74, 6) is -0.767. The number of aromatic amines is 1. The van der Waals surface area contributed by atoms with Gasteiger partial charge in [-0.25, -0.2) is 4.39 Å². The number of carbonyl (C=O) groups excluding carboxylic acids is 1. The van der Waals surface area contributed by atoms with Crippen LogP contribution in [-0.2, 0) is 12.7 Å². The highest BCUT2D eigenvalue weighted by Crippen LogP contribution is 2.33. The predicted octanol–water partition coefficient (Wildman–Crippen LogP) is 5.33. The molecule has 1 aliphatic rings. The van der Waals surface area contributed by atoms with Gasteiger partial charge in [-0.3, -0.25) is 24.1 Å². The van der Waals surface area contributed by atoms with Crippen LogP contribution in [0.25, 0.3) is 27.9 Å². The number of pyridine rings is 2. The monoisotopic (exact) mass is 692 g/mol. The second-order valence-electron chi connectivity index (χ2n) is 11.5. The number of halogens is 5. The van der Waals surface area contributed by atoms with E-state index in [1.165, 1.54) is 41.7 Å². The van der Waals surface area contributed by atoms with Gasteiger partial charge in [0.2, 0.25) is 0 Å². The van der Waals surface area contributed by atoms with Crippen LogP contribution in [-0.4, -0.2) is 69.0 Å². The number of amides is 1. The lowest BCUT2D eigenvalue weighted by molar-refractivity contribution is -0.659. The number of rotatable bonds is 8. The van der Waals surface area contributed by atoms with E-state index in [1.807, 2.05) is 4.90 Å². The third-order valence-electron chi connectivity index (χ3n) is 8.31. The summed E-state index contributed by atoms with van der Waals surface area (Å²) in [7, 11) is 0. The van der Waals surface area contributed by atoms with Crippen molar-refractivity contribution in [3.05, 3.63) is 108 Å². The lowest BCUT2D eigenvalue weighted by Gasteiger charge is -2.26. The Morgan fingerprint density at radius 1 is 0.959 bits per heavy atom. The van der Waals surface area contributed by atoms with Crippen LogP contribution in [0.4, 0.5) is 17.6 Å². The molecular weight excluding hydrogens is 666 g/mol. The third-order valence-corrected chi connectivity index (χ3v) is 8.61. The number of aromatic nitrogens is 10. The summed E-state index contributed by atoms with van der Waals surface area (Å²) in [4.78, 5) is 23.1. The van der Waals surface area contributed by atoms with E-state index < -0.39 is 23.7 Å². The van der Waals surface area contributed by atoms with Gasteiger partial charge in [0.05, 0.1) is 40.8 Å². The van der Waals surface area contributed by atoms with E-state index >= 15 is 4.39 Å². The number of piperidine rings is 1. The highest BCUT2D eigenvalue weighted by molar-refractivity contribution is 6.31. The first-order valence-electron chi connectivity index (χ1n) is 15.3. The number of tetrazole rings is 1. The van der Waals surface area contributed by atoms with Crippen molar-refractivity contribution in [1.82, 2.24) is 50.0 Å². The Kier molecular flexibility index (Phi) is 8.62. The Morgan fingerprint density at radius 2 is 1.80 bits per heavy atom. The van der Waals surface area contributed by atoms with Gasteiger partial charge in [0.1, 0.15) is 22.5 Å². The smallest absolute Gasteiger partial charge is 0.339 e. The number of likely N-dealkylation sites (tertiary alicyclic amines) is 1. The van der Waals surface area contributed by atoms with Crippen LogP contribution in [0.3, 0.4) is 0 Å². The highest BCUT2D eigenvalue weighted by atomic mass is 35.5. The van der Waals surface area contributed by atoms with Crippen LogP contribution in [0, 0.1) is 5.82 Å². The molecule has 1 atom stereocenters. The summed E-state index contributed by atoms with van der Waals surface area (Å²) in [6.45, 7) is 1.54. The molecule has 6 heterocycles. The first-order chi connectivity index (χ1) is 23.7. The van der Waals surface area contributed by atoms with Crippen molar-refractivity contribution in [1.29, 1.82) is 0 Å². The molecule has 7 rings (SSSR count). The van der Waals surface area contributed by atoms with Crippen LogP contribution in [0.2, 0.25) is 5.02 Å². The zero-order chi connectivity index (χ0) is 34.1. The van der Waals surface area contributed by atoms with Crippen LogP contribution in [0.1, 0.15) is 47.1 Å². The Balaban J connectivity index is 1.24. The van der Waals surface area contributed by atoms with Crippen molar-refractivity contribution in [3.63, 3.8) is 0 Å². The maximum Gasteiger partial charge on any atom is 0.433 e. The fourth-order valence-corrected chi connectivity index (χ4v) is 5.98. The summed E-state index contributed by atoms with van der Waals surface area (Å²) in [6.07, 6.45) is 8.57. The SMILES string of the molecule is O=C(c1cnn(C[C@@H](c2ccc(-c3c(-[n+]4cnn[nH]4)ccc(Cl)c3F)cn2)n2cc(-c3ccnc(C(F)(F)F)c3)cn2)c1)N1CCCCC1. The maximum atomic E-state index is 15.5. The van der Waals surface area contributed by atoms with E-state index in [2.05, 4.69) is 35.7 Å². The Bertz CT molecular complexity index is 2090. The minimum absolute atomic E-state index is 0.0868. The van der Waals surface area contributed by atoms with Crippen molar-refractivity contribution >= 4 is 17.5 Å². The molecule has 49 heavy (non-hydrogen) atoms. The largest absolute Gasteiger partial charge is 0.433 e. The van der Waals surface area contributed by atoms with Gasteiger partial charge in [-0.2, -0.15) is 23.4 Å². The molecular formula is C32H27ClF4N11O+. The first-order valence-corrected chi connectivity index (χ1v) is 15.7. The van der Waals surface area contributed by atoms with E-state index in [0.29, 0.717) is 41.2 Å². The molecule has 250 valence electrons. The molecule has 1 amide bonds. The molecule has 0 bridgehead atoms. The zero-order valence-corrected chi connectivity index (χ0v) is 26.4. The number of benzene rings is 1. The molecule has 0 spiro atoms. The number of nitrogens with one attached hydrogen (secondary N) is 1. The van der Waals surface area contributed by atoms with Crippen LogP contribution < -0.4 is 4.68 Å². The summed E-state index contributed by atoms with van der Waals surface area (Å²) in [6, 6.07) is 8.19. The Morgan fingerprint density at radius 3 is 2.53 bits per heavy atom. The second-order valence-corrected chi connectivity index (χ2v) is 11.9. The van der Waals surface area contributed by atoms with Crippen molar-refractivity contribution in [2.75, 3.05) is 13.1 Å². The van der Waals surface area contributed by atoms with Crippen molar-refractivity contribution in [2.24, 2.45) is 0 Å². The number of alkyl halides is 3. The van der Waals surface area contributed by atoms with Gasteiger partial charge in [-0.05, 0) is 55.2 Å². The number of H-pyrrole nitrogens is 1. The average molecular weight is 693 g/mol. The normalized spacial score (nSPS) is 14.3. The molecule has 0 saturated carbocycles. The summed E-state index contributed by atoms with van der Waals surface area (Å²) in [5, 5.41) is 18.9. The van der Waals surface area contributed by atoms with E-state index in [4.69, 9.17) is 11.6 Å². The topological polar surface area (TPSA) is 127 Å². The van der Waals surface area contributed by atoms with Crippen molar-refractivity contribution in [3.8, 4) is 27.9 Å². The molecule has 6 aromatic rings. The molecule has 0 radical (unpaired) electrons. The van der Waals surface area contributed by atoms with Gasteiger partial charge in [-0.1, -0.05) is 22.9 Å². The standard InChI is InChI=1S/C32H26ClF4N11O/c33-24-5-7-26(48-19-40-43-44-48)29(30(24)34)21-4-6-25(39-13-21)27(18-46-16-23(15-41-46)31(49)45-10-2-1-3-11-45)47-17-22(14-42-47)20-8-9-38-28(12-20)32(35,36)37/h4-9,12-17,19,27H,1-3,10-11,18H2/p+1/t27-/m0/s1. The van der Waals surface area contributed by atoms with Crippen LogP contribution in [0.5, 0.6) is 0 Å². The van der Waals surface area contributed by atoms with E-state index in [0.717, 1.165) is 31.5 Å². The molecule has 12 nitrogen and oxygen atoms in total. The van der Waals surface area contributed by atoms with Crippen LogP contribution in [0.15, 0.2) is 79.9 Å². The average Bonchev–Trinajstić information content (AvgIpc) is 3.92. The molecule has 1 aromatic carbocycles. The maximum absolute atomic E-state index is 15.5. The number of hydrogen-bond donors (Lipinski definition) is 1. The minimum atomic E-state index is -4.61. The van der Waals surface area contributed by atoms with Gasteiger partial charge in [-0.15, -0.1) is 4.68 Å². The fraction of sp³-hybridized carbons (Fsp3) is 0.250. The van der Waals surface area contributed by atoms with Gasteiger partial charge >= 0.3 is 6.18 Å². The molecule has 1 fully saturated rings. The van der Waals surface area contributed by atoms with Gasteiger partial charge < -0.3 is 4.90 Å². The third kappa shape index (κ3) is 6.63. The summed E-state index contributed by atoms with van der Waals surface area (Å²) < 4.78 is 60.2. The number of carbonyl (C=O) groups is 1. The molecule has 5 aromatic heterocycles. The van der Waals surface area contributed by atoms with Crippen molar-refractivity contribution < 1.29 is 27.0 Å². The minimum Gasteiger partial charge on any atom is -0.339 e. The van der Waals surface area contributed by atoms with Gasteiger partial charge in [0.15, 0.2) is 11.0 Å². The van der Waals surface area contributed by atoms with Crippen LogP contribution >= 0.6 is 11.6 Å². The van der Waals surface area contributed by atoms with E-state index in [9.17, 15) is 18.0 Å². The lowest BCUT2D eigenvalue weighted by Crippen LogP contribution is -2.35. The van der Waals surface area contributed by atoms with Crippen molar-refractivity contribution in [2.45, 2.75) is 38.0 Å². The Hall–Kier alpha value is -5.51. The van der Waals surface area contributed by atoms with Gasteiger partial charge in [0, 0.05) is 49.0 Å². The highest BCUT2D eigenvalue weighted by Gasteiger charge is 2.33. The quantitative estimate of drug-likeness (QED) is 0.169. The molecule has 1 N–H and O–H groups in total. The fourth-order valence-electron chi connectivity index (χ4n) is 5.83. The molecule has 0 aliphatic carbocycles. The molecule has 1 saturated heterocycles. The summed E-state index contributed by atoms with van der Waals surface area (Å²) in [5.41, 5.74) is 1.57. The second kappa shape index (κ2) is 13.2.